The number of carboxylic acids is 1. The van der Waals surface area contributed by atoms with Gasteiger partial charge in [0.1, 0.15) is 16.9 Å². The predicted octanol–water partition coefficient (Wildman–Crippen LogP) is 2.63. The number of aromatic carboxylic acids is 1. The standard InChI is InChI=1S/C19H14O9/c1-7-4-12(21)11(6-20)15-13(7)19(25)28-14-8(2)9(18(24)26-3)5-10(17(22)23)16(14)27-15/h4-6,21H,1-3H3,(H,22,23). The molecule has 0 unspecified atom stereocenters. The number of carbonyl (C=O) groups excluding carboxylic acids is 3. The summed E-state index contributed by atoms with van der Waals surface area (Å²) in [6, 6.07) is 2.21. The Morgan fingerprint density at radius 1 is 1.07 bits per heavy atom. The van der Waals surface area contributed by atoms with Crippen LogP contribution < -0.4 is 9.47 Å². The normalized spacial score (nSPS) is 12.0. The van der Waals surface area contributed by atoms with Crippen LogP contribution in [0.5, 0.6) is 23.0 Å². The molecule has 144 valence electrons. The minimum Gasteiger partial charge on any atom is -0.507 e. The van der Waals surface area contributed by atoms with E-state index in [1.54, 1.807) is 0 Å². The van der Waals surface area contributed by atoms with E-state index in [0.717, 1.165) is 13.2 Å². The molecular weight excluding hydrogens is 372 g/mol. The third-order valence-electron chi connectivity index (χ3n) is 4.34. The van der Waals surface area contributed by atoms with Gasteiger partial charge in [-0.2, -0.15) is 0 Å². The molecular formula is C19H14O9. The summed E-state index contributed by atoms with van der Waals surface area (Å²) in [4.78, 5) is 47.9. The molecule has 0 amide bonds. The number of phenolic OH excluding ortho intramolecular Hbond substituents is 1. The highest BCUT2D eigenvalue weighted by Gasteiger charge is 2.34. The van der Waals surface area contributed by atoms with E-state index < -0.39 is 29.2 Å². The summed E-state index contributed by atoms with van der Waals surface area (Å²) >= 11 is 0. The summed E-state index contributed by atoms with van der Waals surface area (Å²) in [7, 11) is 1.12. The lowest BCUT2D eigenvalue weighted by atomic mass is 10.0. The highest BCUT2D eigenvalue weighted by atomic mass is 16.6. The molecule has 2 N–H and O–H groups in total. The van der Waals surface area contributed by atoms with Crippen molar-refractivity contribution >= 4 is 24.2 Å². The molecule has 0 saturated carbocycles. The lowest BCUT2D eigenvalue weighted by Gasteiger charge is -2.15. The first kappa shape index (κ1) is 18.9. The number of phenols is 1. The average Bonchev–Trinajstić information content (AvgIpc) is 2.78. The quantitative estimate of drug-likeness (QED) is 0.463. The Labute approximate surface area is 158 Å². The van der Waals surface area contributed by atoms with Gasteiger partial charge in [0.05, 0.1) is 18.2 Å². The minimum atomic E-state index is -1.47. The molecule has 0 aromatic heterocycles. The van der Waals surface area contributed by atoms with Crippen molar-refractivity contribution < 1.29 is 43.6 Å². The van der Waals surface area contributed by atoms with Crippen molar-refractivity contribution in [2.75, 3.05) is 7.11 Å². The van der Waals surface area contributed by atoms with Crippen LogP contribution in [0.25, 0.3) is 0 Å². The van der Waals surface area contributed by atoms with E-state index in [9.17, 15) is 29.4 Å². The molecule has 0 radical (unpaired) electrons. The zero-order valence-corrected chi connectivity index (χ0v) is 15.0. The number of aromatic hydroxyl groups is 1. The molecule has 9 heteroatoms. The highest BCUT2D eigenvalue weighted by molar-refractivity contribution is 6.04. The number of benzene rings is 2. The highest BCUT2D eigenvalue weighted by Crippen LogP contribution is 2.46. The number of esters is 2. The minimum absolute atomic E-state index is 0.113. The van der Waals surface area contributed by atoms with Gasteiger partial charge in [-0.25, -0.2) is 14.4 Å². The van der Waals surface area contributed by atoms with Crippen LogP contribution in [0.1, 0.15) is 52.6 Å². The Morgan fingerprint density at radius 3 is 2.32 bits per heavy atom. The van der Waals surface area contributed by atoms with Crippen LogP contribution in [-0.4, -0.2) is 41.5 Å². The monoisotopic (exact) mass is 386 g/mol. The molecule has 2 aromatic rings. The second-order valence-corrected chi connectivity index (χ2v) is 5.99. The van der Waals surface area contributed by atoms with Gasteiger partial charge in [0.25, 0.3) is 0 Å². The van der Waals surface area contributed by atoms with Crippen molar-refractivity contribution in [3.8, 4) is 23.0 Å². The van der Waals surface area contributed by atoms with Gasteiger partial charge in [0.15, 0.2) is 23.5 Å². The number of hydrogen-bond donors (Lipinski definition) is 2. The number of rotatable bonds is 3. The SMILES string of the molecule is COC(=O)c1cc(C(=O)O)c2c(c1C)OC(=O)c1c(C)cc(O)c(C=O)c1O2. The maximum absolute atomic E-state index is 12.7. The molecule has 0 spiro atoms. The van der Waals surface area contributed by atoms with E-state index in [2.05, 4.69) is 4.74 Å². The first-order chi connectivity index (χ1) is 13.2. The zero-order valence-electron chi connectivity index (χ0n) is 15.0. The number of carboxylic acid groups (broad SMARTS) is 1. The van der Waals surface area contributed by atoms with E-state index in [-0.39, 0.29) is 51.4 Å². The number of hydrogen-bond acceptors (Lipinski definition) is 8. The van der Waals surface area contributed by atoms with Gasteiger partial charge in [0, 0.05) is 5.56 Å². The van der Waals surface area contributed by atoms with E-state index in [1.165, 1.54) is 19.9 Å². The molecule has 1 aliphatic heterocycles. The third kappa shape index (κ3) is 2.73. The molecule has 1 aliphatic rings. The van der Waals surface area contributed by atoms with Gasteiger partial charge in [-0.1, -0.05) is 0 Å². The van der Waals surface area contributed by atoms with Crippen molar-refractivity contribution in [2.24, 2.45) is 0 Å². The molecule has 3 rings (SSSR count). The van der Waals surface area contributed by atoms with Gasteiger partial charge >= 0.3 is 17.9 Å². The topological polar surface area (TPSA) is 136 Å². The summed E-state index contributed by atoms with van der Waals surface area (Å²) in [6.07, 6.45) is 0.280. The molecule has 1 heterocycles. The van der Waals surface area contributed by atoms with Crippen LogP contribution in [0, 0.1) is 13.8 Å². The van der Waals surface area contributed by atoms with E-state index >= 15 is 0 Å². The summed E-state index contributed by atoms with van der Waals surface area (Å²) < 4.78 is 15.6. The average molecular weight is 386 g/mol. The van der Waals surface area contributed by atoms with Crippen LogP contribution in [0.3, 0.4) is 0 Å². The van der Waals surface area contributed by atoms with Gasteiger partial charge in [-0.3, -0.25) is 4.79 Å². The summed E-state index contributed by atoms with van der Waals surface area (Å²) in [6.45, 7) is 2.91. The Hall–Kier alpha value is -3.88. The Kier molecular flexibility index (Phi) is 4.52. The predicted molar refractivity (Wildman–Crippen MR) is 92.7 cm³/mol. The fourth-order valence-corrected chi connectivity index (χ4v) is 2.94. The summed E-state index contributed by atoms with van der Waals surface area (Å²) in [5, 5.41) is 19.6. The van der Waals surface area contributed by atoms with Crippen LogP contribution >= 0.6 is 0 Å². The van der Waals surface area contributed by atoms with Gasteiger partial charge < -0.3 is 24.4 Å². The largest absolute Gasteiger partial charge is 0.507 e. The number of methoxy groups -OCH3 is 1. The summed E-state index contributed by atoms with van der Waals surface area (Å²) in [5.74, 6) is -4.68. The molecule has 0 aliphatic carbocycles. The van der Waals surface area contributed by atoms with Crippen LogP contribution in [0.2, 0.25) is 0 Å². The Bertz CT molecular complexity index is 1070. The molecule has 0 bridgehead atoms. The molecule has 0 atom stereocenters. The van der Waals surface area contributed by atoms with Crippen molar-refractivity contribution in [1.29, 1.82) is 0 Å². The number of fused-ring (bicyclic) bond motifs is 2. The van der Waals surface area contributed by atoms with Crippen LogP contribution in [0.4, 0.5) is 0 Å². The van der Waals surface area contributed by atoms with E-state index in [0.29, 0.717) is 0 Å². The number of aldehydes is 1. The smallest absolute Gasteiger partial charge is 0.347 e. The fraction of sp³-hybridized carbons (Fsp3) is 0.158. The molecule has 0 saturated heterocycles. The number of aryl methyl sites for hydroxylation is 1. The maximum Gasteiger partial charge on any atom is 0.347 e. The third-order valence-corrected chi connectivity index (χ3v) is 4.34. The maximum atomic E-state index is 12.7. The second-order valence-electron chi connectivity index (χ2n) is 5.99. The van der Waals surface area contributed by atoms with E-state index in [1.807, 2.05) is 0 Å². The Balaban J connectivity index is 2.40. The first-order valence-corrected chi connectivity index (χ1v) is 7.92. The van der Waals surface area contributed by atoms with E-state index in [4.69, 9.17) is 9.47 Å². The zero-order chi connectivity index (χ0) is 20.7. The molecule has 2 aromatic carbocycles. The summed E-state index contributed by atoms with van der Waals surface area (Å²) in [5.41, 5.74) is -0.736. The van der Waals surface area contributed by atoms with Crippen LogP contribution in [0.15, 0.2) is 12.1 Å². The van der Waals surface area contributed by atoms with Crippen molar-refractivity contribution in [1.82, 2.24) is 0 Å². The fourth-order valence-electron chi connectivity index (χ4n) is 2.94. The van der Waals surface area contributed by atoms with Crippen molar-refractivity contribution in [3.63, 3.8) is 0 Å². The van der Waals surface area contributed by atoms with Gasteiger partial charge in [-0.05, 0) is 31.5 Å². The van der Waals surface area contributed by atoms with Crippen LogP contribution in [-0.2, 0) is 4.74 Å². The van der Waals surface area contributed by atoms with Crippen molar-refractivity contribution in [2.45, 2.75) is 13.8 Å². The Morgan fingerprint density at radius 2 is 1.75 bits per heavy atom. The molecule has 9 nitrogen and oxygen atoms in total. The van der Waals surface area contributed by atoms with Crippen molar-refractivity contribution in [3.05, 3.63) is 45.5 Å². The first-order valence-electron chi connectivity index (χ1n) is 7.92. The number of ether oxygens (including phenoxy) is 3. The molecule has 0 fully saturated rings. The van der Waals surface area contributed by atoms with Gasteiger partial charge in [-0.15, -0.1) is 0 Å². The lowest BCUT2D eigenvalue weighted by molar-refractivity contribution is 0.0596. The second kappa shape index (κ2) is 6.69. The van der Waals surface area contributed by atoms with Gasteiger partial charge in [0.2, 0.25) is 0 Å². The lowest BCUT2D eigenvalue weighted by Crippen LogP contribution is -2.13. The molecule has 28 heavy (non-hydrogen) atoms. The number of carbonyl (C=O) groups is 4.